The van der Waals surface area contributed by atoms with Crippen LogP contribution in [0.4, 0.5) is 11.4 Å². The molecule has 0 aliphatic rings. The molecule has 0 amide bonds. The molecule has 26 heavy (non-hydrogen) atoms. The van der Waals surface area contributed by atoms with E-state index in [9.17, 15) is 10.1 Å². The Morgan fingerprint density at radius 3 is 2.58 bits per heavy atom. The summed E-state index contributed by atoms with van der Waals surface area (Å²) in [6.45, 7) is 2.29. The number of halogens is 1. The van der Waals surface area contributed by atoms with Crippen molar-refractivity contribution in [3.63, 3.8) is 0 Å². The predicted molar refractivity (Wildman–Crippen MR) is 109 cm³/mol. The number of hydrogen-bond donors (Lipinski definition) is 2. The third-order valence-corrected chi connectivity index (χ3v) is 4.48. The van der Waals surface area contributed by atoms with Gasteiger partial charge in [0.1, 0.15) is 0 Å². The monoisotopic (exact) mass is 393 g/mol. The van der Waals surface area contributed by atoms with Gasteiger partial charge in [-0.1, -0.05) is 41.9 Å². The molecule has 0 bridgehead atoms. The molecule has 2 rings (SSSR count). The number of nitro groups is 1. The molecule has 2 aromatic rings. The zero-order valence-electron chi connectivity index (χ0n) is 14.7. The van der Waals surface area contributed by atoms with Gasteiger partial charge in [-0.05, 0) is 23.8 Å². The van der Waals surface area contributed by atoms with E-state index in [-0.39, 0.29) is 5.69 Å². The van der Waals surface area contributed by atoms with Crippen molar-refractivity contribution in [1.82, 2.24) is 4.90 Å². The van der Waals surface area contributed by atoms with Crippen LogP contribution in [0.5, 0.6) is 0 Å². The number of rotatable bonds is 7. The molecular weight excluding hydrogens is 372 g/mol. The van der Waals surface area contributed by atoms with Crippen LogP contribution >= 0.6 is 23.8 Å². The summed E-state index contributed by atoms with van der Waals surface area (Å²) in [6.07, 6.45) is 0. The molecule has 0 unspecified atom stereocenters. The molecule has 0 aliphatic carbocycles. The van der Waals surface area contributed by atoms with Gasteiger partial charge in [0.05, 0.1) is 42.8 Å². The Balaban J connectivity index is 2.17. The Bertz CT molecular complexity index is 771. The van der Waals surface area contributed by atoms with E-state index in [4.69, 9.17) is 23.8 Å². The highest BCUT2D eigenvalue weighted by molar-refractivity contribution is 7.80. The number of quaternary nitrogens is 1. The minimum Gasteiger partial charge on any atom is -0.339 e. The molecule has 0 saturated heterocycles. The molecule has 0 aromatic heterocycles. The second-order valence-corrected chi connectivity index (χ2v) is 7.01. The van der Waals surface area contributed by atoms with E-state index in [0.29, 0.717) is 22.4 Å². The van der Waals surface area contributed by atoms with Crippen molar-refractivity contribution in [3.8, 4) is 0 Å². The maximum Gasteiger partial charge on any atom is 0.271 e. The number of likely N-dealkylation sites (N-methyl/N-ethyl adjacent to an activating group) is 1. The zero-order chi connectivity index (χ0) is 19.1. The van der Waals surface area contributed by atoms with Crippen LogP contribution in [0.2, 0.25) is 5.02 Å². The smallest absolute Gasteiger partial charge is 0.271 e. The molecule has 0 aliphatic heterocycles. The van der Waals surface area contributed by atoms with Crippen LogP contribution in [0.25, 0.3) is 0 Å². The Kier molecular flexibility index (Phi) is 7.32. The molecular formula is C18H22ClN4O2S+. The van der Waals surface area contributed by atoms with Crippen LogP contribution in [0, 0.1) is 10.1 Å². The van der Waals surface area contributed by atoms with Gasteiger partial charge in [0.25, 0.3) is 5.69 Å². The molecule has 8 heteroatoms. The number of anilines is 1. The molecule has 0 fully saturated rings. The van der Waals surface area contributed by atoms with E-state index < -0.39 is 4.92 Å². The summed E-state index contributed by atoms with van der Waals surface area (Å²) in [5, 5.41) is 14.9. The van der Waals surface area contributed by atoms with Crippen LogP contribution in [-0.2, 0) is 6.54 Å². The fourth-order valence-corrected chi connectivity index (χ4v) is 2.76. The first-order chi connectivity index (χ1) is 12.4. The fourth-order valence-electron chi connectivity index (χ4n) is 2.33. The lowest BCUT2D eigenvalue weighted by Gasteiger charge is -2.26. The van der Waals surface area contributed by atoms with Gasteiger partial charge in [-0.2, -0.15) is 0 Å². The first-order valence-electron chi connectivity index (χ1n) is 8.19. The number of non-ortho nitro benzene ring substituents is 1. The lowest BCUT2D eigenvalue weighted by atomic mass is 10.2. The molecule has 0 spiro atoms. The summed E-state index contributed by atoms with van der Waals surface area (Å²) in [7, 11) is 4.16. The van der Waals surface area contributed by atoms with Gasteiger partial charge in [-0.15, -0.1) is 0 Å². The van der Waals surface area contributed by atoms with Crippen LogP contribution < -0.4 is 10.2 Å². The summed E-state index contributed by atoms with van der Waals surface area (Å²) in [5.41, 5.74) is 1.53. The van der Waals surface area contributed by atoms with Crippen LogP contribution in [0.15, 0.2) is 48.5 Å². The summed E-state index contributed by atoms with van der Waals surface area (Å²) in [4.78, 5) is 13.9. The minimum atomic E-state index is -0.457. The van der Waals surface area contributed by atoms with Crippen molar-refractivity contribution in [3.05, 3.63) is 69.2 Å². The third kappa shape index (κ3) is 5.94. The van der Waals surface area contributed by atoms with E-state index in [0.717, 1.165) is 18.7 Å². The molecule has 2 aromatic carbocycles. The van der Waals surface area contributed by atoms with Crippen molar-refractivity contribution in [2.45, 2.75) is 6.54 Å². The average molecular weight is 394 g/mol. The fraction of sp³-hybridized carbons (Fsp3) is 0.278. The summed E-state index contributed by atoms with van der Waals surface area (Å²) < 4.78 is 0. The van der Waals surface area contributed by atoms with E-state index in [2.05, 4.69) is 19.4 Å². The normalized spacial score (nSPS) is 10.6. The first-order valence-corrected chi connectivity index (χ1v) is 8.98. The standard InChI is InChI=1S/C18H21ClN4O2S/c1-21(2)10-11-22(13-14-6-4-3-5-7-14)18(26)20-17-12-15(23(24)25)8-9-16(17)19/h3-9,12H,10-11,13H2,1-2H3,(H,20,26)/p+1. The number of hydrogen-bond acceptors (Lipinski definition) is 3. The topological polar surface area (TPSA) is 62.8 Å². The second kappa shape index (κ2) is 9.47. The number of thiocarbonyl (C=S) groups is 1. The Labute approximate surface area is 163 Å². The average Bonchev–Trinajstić information content (AvgIpc) is 2.60. The van der Waals surface area contributed by atoms with Crippen molar-refractivity contribution in [2.75, 3.05) is 32.5 Å². The van der Waals surface area contributed by atoms with E-state index in [1.165, 1.54) is 23.1 Å². The Hall–Kier alpha value is -2.22. The number of nitrogens with one attached hydrogen (secondary N) is 2. The Morgan fingerprint density at radius 2 is 1.96 bits per heavy atom. The van der Waals surface area contributed by atoms with Crippen LogP contribution in [-0.4, -0.2) is 42.1 Å². The molecule has 0 heterocycles. The van der Waals surface area contributed by atoms with Gasteiger partial charge < -0.3 is 15.1 Å². The highest BCUT2D eigenvalue weighted by Crippen LogP contribution is 2.27. The van der Waals surface area contributed by atoms with Gasteiger partial charge in [-0.25, -0.2) is 0 Å². The molecule has 0 saturated carbocycles. The predicted octanol–water partition coefficient (Wildman–Crippen LogP) is 2.59. The Morgan fingerprint density at radius 1 is 1.27 bits per heavy atom. The first kappa shape index (κ1) is 20.1. The highest BCUT2D eigenvalue weighted by Gasteiger charge is 2.15. The van der Waals surface area contributed by atoms with Crippen molar-refractivity contribution < 1.29 is 9.82 Å². The lowest BCUT2D eigenvalue weighted by Crippen LogP contribution is -3.06. The molecule has 138 valence electrons. The number of benzene rings is 2. The van der Waals surface area contributed by atoms with E-state index >= 15 is 0 Å². The summed E-state index contributed by atoms with van der Waals surface area (Å²) >= 11 is 11.7. The molecule has 0 atom stereocenters. The van der Waals surface area contributed by atoms with Gasteiger partial charge >= 0.3 is 0 Å². The zero-order valence-corrected chi connectivity index (χ0v) is 16.3. The van der Waals surface area contributed by atoms with E-state index in [1.54, 1.807) is 0 Å². The summed E-state index contributed by atoms with van der Waals surface area (Å²) in [5.74, 6) is 0. The molecule has 2 N–H and O–H groups in total. The minimum absolute atomic E-state index is 0.0351. The lowest BCUT2D eigenvalue weighted by molar-refractivity contribution is -0.857. The maximum atomic E-state index is 11.0. The van der Waals surface area contributed by atoms with Crippen molar-refractivity contribution in [1.29, 1.82) is 0 Å². The SMILES string of the molecule is C[NH+](C)CCN(Cc1ccccc1)C(=S)Nc1cc([N+](=O)[O-])ccc1Cl. The second-order valence-electron chi connectivity index (χ2n) is 6.22. The third-order valence-electron chi connectivity index (χ3n) is 3.79. The largest absolute Gasteiger partial charge is 0.339 e. The molecule has 0 radical (unpaired) electrons. The van der Waals surface area contributed by atoms with Gasteiger partial charge in [0.2, 0.25) is 0 Å². The van der Waals surface area contributed by atoms with Crippen LogP contribution in [0.1, 0.15) is 5.56 Å². The quantitative estimate of drug-likeness (QED) is 0.430. The highest BCUT2D eigenvalue weighted by atomic mass is 35.5. The number of nitrogens with zero attached hydrogens (tertiary/aromatic N) is 2. The van der Waals surface area contributed by atoms with Crippen LogP contribution in [0.3, 0.4) is 0 Å². The van der Waals surface area contributed by atoms with Gasteiger partial charge in [-0.3, -0.25) is 10.1 Å². The van der Waals surface area contributed by atoms with Gasteiger partial charge in [0, 0.05) is 18.7 Å². The summed E-state index contributed by atoms with van der Waals surface area (Å²) in [6, 6.07) is 14.3. The van der Waals surface area contributed by atoms with Crippen molar-refractivity contribution in [2.24, 2.45) is 0 Å². The van der Waals surface area contributed by atoms with E-state index in [1.807, 2.05) is 35.2 Å². The molecule has 6 nitrogen and oxygen atoms in total. The van der Waals surface area contributed by atoms with Gasteiger partial charge in [0.15, 0.2) is 5.11 Å². The maximum absolute atomic E-state index is 11.0. The van der Waals surface area contributed by atoms with Crippen molar-refractivity contribution >= 4 is 40.3 Å². The number of nitro benzene ring substituents is 1.